The van der Waals surface area contributed by atoms with Crippen LogP contribution in [-0.4, -0.2) is 14.4 Å². The Morgan fingerprint density at radius 2 is 1.55 bits per heavy atom. The number of aryl methyl sites for hydroxylation is 1. The molecule has 0 radical (unpaired) electrons. The van der Waals surface area contributed by atoms with Crippen LogP contribution in [0, 0.1) is 0 Å². The molecule has 0 aliphatic rings. The van der Waals surface area contributed by atoms with Crippen LogP contribution in [-0.2, 0) is 7.05 Å². The van der Waals surface area contributed by atoms with Crippen molar-refractivity contribution in [1.82, 2.24) is 0 Å². The molecule has 0 aliphatic heterocycles. The van der Waals surface area contributed by atoms with Crippen molar-refractivity contribution in [3.63, 3.8) is 0 Å². The number of halogens is 4. The van der Waals surface area contributed by atoms with Gasteiger partial charge in [0.2, 0.25) is 5.69 Å². The summed E-state index contributed by atoms with van der Waals surface area (Å²) in [6.07, 6.45) is 6.23. The fourth-order valence-corrected chi connectivity index (χ4v) is 1.61. The zero-order chi connectivity index (χ0) is 16.6. The highest BCUT2D eigenvalue weighted by atomic mass is 19.5. The quantitative estimate of drug-likeness (QED) is 0.474. The van der Waals surface area contributed by atoms with Crippen molar-refractivity contribution in [1.29, 1.82) is 0 Å². The summed E-state index contributed by atoms with van der Waals surface area (Å²) in [7, 11) is -2.29. The van der Waals surface area contributed by atoms with Crippen molar-refractivity contribution in [2.45, 2.75) is 0 Å². The molecule has 0 saturated heterocycles. The van der Waals surface area contributed by atoms with Gasteiger partial charge in [0.1, 0.15) is 12.8 Å². The van der Waals surface area contributed by atoms with Crippen molar-refractivity contribution in [2.24, 2.45) is 7.05 Å². The molecule has 0 spiro atoms. The van der Waals surface area contributed by atoms with Crippen LogP contribution in [0.3, 0.4) is 0 Å². The average Bonchev–Trinajstić information content (AvgIpc) is 2.45. The monoisotopic (exact) mass is 313 g/mol. The van der Waals surface area contributed by atoms with Gasteiger partial charge in [-0.25, -0.2) is 4.57 Å². The molecule has 0 atom stereocenters. The first-order chi connectivity index (χ1) is 10.3. The largest absolute Gasteiger partial charge is 0.673 e. The second-order valence-electron chi connectivity index (χ2n) is 4.34. The topological polar surface area (TPSA) is 13.1 Å². The molecule has 2 rings (SSSR count). The number of ether oxygens (including phenoxy) is 1. The maximum atomic E-state index is 9.75. The van der Waals surface area contributed by atoms with E-state index in [1.54, 1.807) is 7.11 Å². The maximum Gasteiger partial charge on any atom is 0.673 e. The zero-order valence-electron chi connectivity index (χ0n) is 12.2. The number of hydrogen-bond donors (Lipinski definition) is 0. The van der Waals surface area contributed by atoms with E-state index in [2.05, 4.69) is 22.8 Å². The summed E-state index contributed by atoms with van der Waals surface area (Å²) in [4.78, 5) is 0. The fourth-order valence-electron chi connectivity index (χ4n) is 1.61. The minimum Gasteiger partial charge on any atom is -0.497 e. The molecule has 22 heavy (non-hydrogen) atoms. The van der Waals surface area contributed by atoms with E-state index in [1.165, 1.54) is 5.69 Å². The van der Waals surface area contributed by atoms with Crippen LogP contribution in [0.4, 0.5) is 17.3 Å². The van der Waals surface area contributed by atoms with Crippen molar-refractivity contribution < 1.29 is 26.6 Å². The first-order valence-electron chi connectivity index (χ1n) is 6.43. The van der Waals surface area contributed by atoms with Gasteiger partial charge in [-0.3, -0.25) is 0 Å². The predicted octanol–water partition coefficient (Wildman–Crippen LogP) is 3.99. The smallest absolute Gasteiger partial charge is 0.497 e. The van der Waals surface area contributed by atoms with Gasteiger partial charge in [-0.2, -0.15) is 0 Å². The fraction of sp³-hybridized carbons (Fsp3) is 0.133. The molecular weight excluding hydrogens is 297 g/mol. The van der Waals surface area contributed by atoms with Gasteiger partial charge in [0.05, 0.1) is 7.11 Å². The predicted molar refractivity (Wildman–Crippen MR) is 79.7 cm³/mol. The highest BCUT2D eigenvalue weighted by Gasteiger charge is 2.20. The lowest BCUT2D eigenvalue weighted by Crippen LogP contribution is -2.30. The molecule has 0 unspecified atom stereocenters. The Kier molecular flexibility index (Phi) is 6.63. The average molecular weight is 313 g/mol. The summed E-state index contributed by atoms with van der Waals surface area (Å²) in [5.41, 5.74) is 2.33. The minimum absolute atomic E-state index is 0.882. The Hall–Kier alpha value is -2.31. The SMILES string of the molecule is COc1ccc(C=Cc2cccc[n+]2C)cc1.F[B-](F)(F)F. The molecule has 2 aromatic rings. The summed E-state index contributed by atoms with van der Waals surface area (Å²) in [6.45, 7) is 0. The Bertz CT molecular complexity index is 606. The van der Waals surface area contributed by atoms with Gasteiger partial charge in [-0.1, -0.05) is 12.1 Å². The number of methoxy groups -OCH3 is 1. The first kappa shape index (κ1) is 17.7. The minimum atomic E-state index is -6.00. The van der Waals surface area contributed by atoms with Crippen LogP contribution in [0.1, 0.15) is 11.3 Å². The van der Waals surface area contributed by atoms with Crippen LogP contribution < -0.4 is 9.30 Å². The second-order valence-corrected chi connectivity index (χ2v) is 4.34. The molecule has 0 aliphatic carbocycles. The summed E-state index contributed by atoms with van der Waals surface area (Å²) in [6, 6.07) is 14.1. The lowest BCUT2D eigenvalue weighted by atomic mass is 10.2. The number of nitrogens with zero attached hydrogens (tertiary/aromatic N) is 1. The van der Waals surface area contributed by atoms with Crippen LogP contribution in [0.25, 0.3) is 12.2 Å². The third-order valence-corrected chi connectivity index (χ3v) is 2.66. The number of aromatic nitrogens is 1. The van der Waals surface area contributed by atoms with Crippen molar-refractivity contribution in [3.8, 4) is 5.75 Å². The summed E-state index contributed by atoms with van der Waals surface area (Å²) in [5.74, 6) is 0.882. The van der Waals surface area contributed by atoms with E-state index in [0.29, 0.717) is 0 Å². The van der Waals surface area contributed by atoms with Crippen molar-refractivity contribution in [3.05, 3.63) is 59.9 Å². The second kappa shape index (κ2) is 8.21. The van der Waals surface area contributed by atoms with Gasteiger partial charge in [0.25, 0.3) is 0 Å². The molecule has 1 aromatic heterocycles. The molecule has 0 bridgehead atoms. The van der Waals surface area contributed by atoms with Crippen molar-refractivity contribution in [2.75, 3.05) is 7.11 Å². The normalized spacial score (nSPS) is 11.0. The Labute approximate surface area is 126 Å². The van der Waals surface area contributed by atoms with Crippen LogP contribution in [0.15, 0.2) is 48.7 Å². The maximum absolute atomic E-state index is 9.75. The third kappa shape index (κ3) is 7.47. The van der Waals surface area contributed by atoms with E-state index in [0.717, 1.165) is 11.3 Å². The van der Waals surface area contributed by atoms with Gasteiger partial charge >= 0.3 is 7.25 Å². The summed E-state index contributed by atoms with van der Waals surface area (Å²) < 4.78 is 46.2. The molecule has 0 saturated carbocycles. The van der Waals surface area contributed by atoms with Gasteiger partial charge in [0, 0.05) is 18.2 Å². The van der Waals surface area contributed by atoms with Crippen LogP contribution in [0.2, 0.25) is 0 Å². The van der Waals surface area contributed by atoms with Gasteiger partial charge < -0.3 is 22.0 Å². The Morgan fingerprint density at radius 3 is 2.05 bits per heavy atom. The van der Waals surface area contributed by atoms with E-state index in [4.69, 9.17) is 4.74 Å². The number of hydrogen-bond acceptors (Lipinski definition) is 1. The molecule has 2 nitrogen and oxygen atoms in total. The van der Waals surface area contributed by atoms with E-state index >= 15 is 0 Å². The van der Waals surface area contributed by atoms with Crippen LogP contribution in [0.5, 0.6) is 5.75 Å². The van der Waals surface area contributed by atoms with Gasteiger partial charge in [-0.05, 0) is 29.8 Å². The number of rotatable bonds is 3. The van der Waals surface area contributed by atoms with Crippen LogP contribution >= 0.6 is 0 Å². The molecule has 0 fully saturated rings. The zero-order valence-corrected chi connectivity index (χ0v) is 12.2. The third-order valence-electron chi connectivity index (χ3n) is 2.66. The van der Waals surface area contributed by atoms with E-state index in [-0.39, 0.29) is 0 Å². The lowest BCUT2D eigenvalue weighted by Gasteiger charge is -1.98. The number of benzene rings is 1. The standard InChI is InChI=1S/C15H16NO.BF4/c1-16-12-4-3-5-14(16)9-6-13-7-10-15(17-2)11-8-13;2-1(3,4)5/h3-12H,1-2H3;/q+1;-1. The van der Waals surface area contributed by atoms with Gasteiger partial charge in [0.15, 0.2) is 6.20 Å². The molecule has 0 N–H and O–H groups in total. The lowest BCUT2D eigenvalue weighted by molar-refractivity contribution is -0.673. The highest BCUT2D eigenvalue weighted by molar-refractivity contribution is 6.50. The molecule has 0 amide bonds. The summed E-state index contributed by atoms with van der Waals surface area (Å²) in [5, 5.41) is 0. The molecule has 7 heteroatoms. The highest BCUT2D eigenvalue weighted by Crippen LogP contribution is 2.13. The molecule has 1 aromatic carbocycles. The molecule has 1 heterocycles. The molecule has 118 valence electrons. The summed E-state index contributed by atoms with van der Waals surface area (Å²) >= 11 is 0. The first-order valence-corrected chi connectivity index (χ1v) is 6.43. The Balaban J connectivity index is 0.000000422. The Morgan fingerprint density at radius 1 is 0.955 bits per heavy atom. The molecular formula is C15H16BF4NO. The van der Waals surface area contributed by atoms with E-state index in [9.17, 15) is 17.3 Å². The van der Waals surface area contributed by atoms with E-state index in [1.807, 2.05) is 49.6 Å². The van der Waals surface area contributed by atoms with E-state index < -0.39 is 7.25 Å². The number of pyridine rings is 1. The van der Waals surface area contributed by atoms with Crippen molar-refractivity contribution >= 4 is 19.4 Å². The van der Waals surface area contributed by atoms with Gasteiger partial charge in [-0.15, -0.1) is 0 Å².